The summed E-state index contributed by atoms with van der Waals surface area (Å²) in [5.41, 5.74) is 1.30. The van der Waals surface area contributed by atoms with E-state index < -0.39 is 0 Å². The quantitative estimate of drug-likeness (QED) is 0.737. The molecule has 0 saturated heterocycles. The van der Waals surface area contributed by atoms with Gasteiger partial charge in [-0.15, -0.1) is 0 Å². The lowest BCUT2D eigenvalue weighted by molar-refractivity contribution is 1.07. The Balaban J connectivity index is 2.02. The molecule has 0 radical (unpaired) electrons. The molecule has 0 spiro atoms. The Hall–Kier alpha value is -1.05. The van der Waals surface area contributed by atoms with Crippen molar-refractivity contribution in [1.29, 1.82) is 0 Å². The van der Waals surface area contributed by atoms with Gasteiger partial charge in [0, 0.05) is 12.2 Å². The molecule has 0 aliphatic heterocycles. The molecule has 1 heterocycles. The SMILES string of the molecule is CCc1ccc(NC2CC2)nc1. The molecule has 1 aromatic rings. The Kier molecular flexibility index (Phi) is 1.98. The number of aromatic nitrogens is 1. The van der Waals surface area contributed by atoms with Crippen molar-refractivity contribution >= 4 is 5.82 Å². The summed E-state index contributed by atoms with van der Waals surface area (Å²) in [7, 11) is 0. The summed E-state index contributed by atoms with van der Waals surface area (Å²) in [5, 5.41) is 3.36. The topological polar surface area (TPSA) is 24.9 Å². The number of nitrogens with one attached hydrogen (secondary N) is 1. The second-order valence-corrected chi connectivity index (χ2v) is 3.32. The summed E-state index contributed by atoms with van der Waals surface area (Å²) in [6.07, 6.45) is 5.62. The van der Waals surface area contributed by atoms with Crippen LogP contribution in [0.15, 0.2) is 18.3 Å². The first-order chi connectivity index (χ1) is 5.88. The number of hydrogen-bond donors (Lipinski definition) is 1. The number of pyridine rings is 1. The maximum absolute atomic E-state index is 4.32. The van der Waals surface area contributed by atoms with Crippen LogP contribution < -0.4 is 5.32 Å². The molecule has 1 aliphatic carbocycles. The monoisotopic (exact) mass is 162 g/mol. The van der Waals surface area contributed by atoms with E-state index in [2.05, 4.69) is 29.4 Å². The molecule has 0 bridgehead atoms. The normalized spacial score (nSPS) is 16.1. The summed E-state index contributed by atoms with van der Waals surface area (Å²) in [5.74, 6) is 1.02. The Bertz CT molecular complexity index is 249. The van der Waals surface area contributed by atoms with Crippen molar-refractivity contribution in [2.75, 3.05) is 5.32 Å². The van der Waals surface area contributed by atoms with Crippen molar-refractivity contribution in [2.45, 2.75) is 32.2 Å². The van der Waals surface area contributed by atoms with Crippen LogP contribution in [0.2, 0.25) is 0 Å². The Morgan fingerprint density at radius 3 is 2.83 bits per heavy atom. The van der Waals surface area contributed by atoms with E-state index in [4.69, 9.17) is 0 Å². The molecular formula is C10H14N2. The van der Waals surface area contributed by atoms with Crippen LogP contribution in [-0.2, 0) is 6.42 Å². The number of hydrogen-bond acceptors (Lipinski definition) is 2. The van der Waals surface area contributed by atoms with E-state index in [0.29, 0.717) is 6.04 Å². The predicted octanol–water partition coefficient (Wildman–Crippen LogP) is 2.22. The van der Waals surface area contributed by atoms with Gasteiger partial charge in [-0.2, -0.15) is 0 Å². The maximum atomic E-state index is 4.32. The highest BCUT2D eigenvalue weighted by atomic mass is 15.0. The Morgan fingerprint density at radius 1 is 1.50 bits per heavy atom. The molecular weight excluding hydrogens is 148 g/mol. The van der Waals surface area contributed by atoms with E-state index in [1.165, 1.54) is 18.4 Å². The van der Waals surface area contributed by atoms with Crippen molar-refractivity contribution in [2.24, 2.45) is 0 Å². The smallest absolute Gasteiger partial charge is 0.126 e. The van der Waals surface area contributed by atoms with Gasteiger partial charge in [0.2, 0.25) is 0 Å². The van der Waals surface area contributed by atoms with Gasteiger partial charge in [-0.05, 0) is 30.9 Å². The molecule has 0 atom stereocenters. The highest BCUT2D eigenvalue weighted by Gasteiger charge is 2.20. The van der Waals surface area contributed by atoms with Crippen molar-refractivity contribution < 1.29 is 0 Å². The molecule has 2 rings (SSSR count). The molecule has 12 heavy (non-hydrogen) atoms. The lowest BCUT2D eigenvalue weighted by Gasteiger charge is -2.02. The van der Waals surface area contributed by atoms with Gasteiger partial charge >= 0.3 is 0 Å². The summed E-state index contributed by atoms with van der Waals surface area (Å²) in [6.45, 7) is 2.14. The van der Waals surface area contributed by atoms with Gasteiger partial charge in [-0.25, -0.2) is 4.98 Å². The maximum Gasteiger partial charge on any atom is 0.126 e. The fourth-order valence-corrected chi connectivity index (χ4v) is 1.16. The first-order valence-corrected chi connectivity index (χ1v) is 4.60. The molecule has 0 aromatic carbocycles. The van der Waals surface area contributed by atoms with Crippen LogP contribution in [0.3, 0.4) is 0 Å². The number of nitrogens with zero attached hydrogens (tertiary/aromatic N) is 1. The molecule has 2 nitrogen and oxygen atoms in total. The van der Waals surface area contributed by atoms with Crippen LogP contribution in [0, 0.1) is 0 Å². The molecule has 0 amide bonds. The van der Waals surface area contributed by atoms with E-state index in [-0.39, 0.29) is 0 Å². The minimum Gasteiger partial charge on any atom is -0.367 e. The third kappa shape index (κ3) is 1.76. The second-order valence-electron chi connectivity index (χ2n) is 3.32. The zero-order valence-corrected chi connectivity index (χ0v) is 7.38. The van der Waals surface area contributed by atoms with Crippen LogP contribution in [0.25, 0.3) is 0 Å². The van der Waals surface area contributed by atoms with E-state index >= 15 is 0 Å². The molecule has 2 heteroatoms. The number of anilines is 1. The summed E-state index contributed by atoms with van der Waals surface area (Å²) < 4.78 is 0. The lowest BCUT2D eigenvalue weighted by atomic mass is 10.2. The van der Waals surface area contributed by atoms with Gasteiger partial charge in [-0.3, -0.25) is 0 Å². The zero-order valence-electron chi connectivity index (χ0n) is 7.38. The number of rotatable bonds is 3. The summed E-state index contributed by atoms with van der Waals surface area (Å²) >= 11 is 0. The largest absolute Gasteiger partial charge is 0.367 e. The minimum atomic E-state index is 0.699. The first-order valence-electron chi connectivity index (χ1n) is 4.60. The summed E-state index contributed by atoms with van der Waals surface area (Å²) in [6, 6.07) is 4.90. The van der Waals surface area contributed by atoms with Crippen molar-refractivity contribution in [3.05, 3.63) is 23.9 Å². The zero-order chi connectivity index (χ0) is 8.39. The van der Waals surface area contributed by atoms with Gasteiger partial charge < -0.3 is 5.32 Å². The standard InChI is InChI=1S/C10H14N2/c1-2-8-3-6-10(11-7-8)12-9-4-5-9/h3,6-7,9H,2,4-5H2,1H3,(H,11,12). The Morgan fingerprint density at radius 2 is 2.33 bits per heavy atom. The van der Waals surface area contributed by atoms with Crippen LogP contribution in [0.4, 0.5) is 5.82 Å². The van der Waals surface area contributed by atoms with Crippen molar-refractivity contribution in [3.63, 3.8) is 0 Å². The lowest BCUT2D eigenvalue weighted by Crippen LogP contribution is -2.02. The minimum absolute atomic E-state index is 0.699. The van der Waals surface area contributed by atoms with Crippen molar-refractivity contribution in [1.82, 2.24) is 4.98 Å². The van der Waals surface area contributed by atoms with Crippen LogP contribution in [0.1, 0.15) is 25.3 Å². The average molecular weight is 162 g/mol. The molecule has 0 unspecified atom stereocenters. The highest BCUT2D eigenvalue weighted by Crippen LogP contribution is 2.23. The van der Waals surface area contributed by atoms with Crippen LogP contribution >= 0.6 is 0 Å². The molecule has 1 aliphatic rings. The van der Waals surface area contributed by atoms with Gasteiger partial charge in [0.25, 0.3) is 0 Å². The fourth-order valence-electron chi connectivity index (χ4n) is 1.16. The van der Waals surface area contributed by atoms with Crippen LogP contribution in [-0.4, -0.2) is 11.0 Å². The van der Waals surface area contributed by atoms with Crippen LogP contribution in [0.5, 0.6) is 0 Å². The second kappa shape index (κ2) is 3.13. The van der Waals surface area contributed by atoms with E-state index in [0.717, 1.165) is 12.2 Å². The molecule has 1 aromatic heterocycles. The fraction of sp³-hybridized carbons (Fsp3) is 0.500. The average Bonchev–Trinajstić information content (AvgIpc) is 2.90. The third-order valence-electron chi connectivity index (χ3n) is 2.16. The van der Waals surface area contributed by atoms with E-state index in [1.807, 2.05) is 6.20 Å². The Labute approximate surface area is 73.0 Å². The molecule has 64 valence electrons. The highest BCUT2D eigenvalue weighted by molar-refractivity contribution is 5.37. The molecule has 1 N–H and O–H groups in total. The molecule has 1 saturated carbocycles. The number of aryl methyl sites for hydroxylation is 1. The summed E-state index contributed by atoms with van der Waals surface area (Å²) in [4.78, 5) is 4.32. The first kappa shape index (κ1) is 7.59. The van der Waals surface area contributed by atoms with Gasteiger partial charge in [-0.1, -0.05) is 13.0 Å². The van der Waals surface area contributed by atoms with E-state index in [9.17, 15) is 0 Å². The third-order valence-corrected chi connectivity index (χ3v) is 2.16. The van der Waals surface area contributed by atoms with Gasteiger partial charge in [0.15, 0.2) is 0 Å². The predicted molar refractivity (Wildman–Crippen MR) is 50.3 cm³/mol. The van der Waals surface area contributed by atoms with Gasteiger partial charge in [0.1, 0.15) is 5.82 Å². The van der Waals surface area contributed by atoms with Crippen molar-refractivity contribution in [3.8, 4) is 0 Å². The molecule has 1 fully saturated rings. The van der Waals surface area contributed by atoms with E-state index in [1.54, 1.807) is 0 Å². The van der Waals surface area contributed by atoms with Gasteiger partial charge in [0.05, 0.1) is 0 Å².